The van der Waals surface area contributed by atoms with Crippen molar-refractivity contribution in [3.05, 3.63) is 95.1 Å². The Kier molecular flexibility index (Phi) is 9.13. The van der Waals surface area contributed by atoms with E-state index in [-0.39, 0.29) is 11.0 Å². The van der Waals surface area contributed by atoms with Crippen molar-refractivity contribution >= 4 is 40.7 Å². The van der Waals surface area contributed by atoms with Crippen molar-refractivity contribution in [2.24, 2.45) is 5.92 Å². The van der Waals surface area contributed by atoms with Crippen LogP contribution in [-0.2, 0) is 0 Å². The summed E-state index contributed by atoms with van der Waals surface area (Å²) in [6, 6.07) is 20.5. The van der Waals surface area contributed by atoms with Gasteiger partial charge in [-0.25, -0.2) is 0 Å². The van der Waals surface area contributed by atoms with Crippen molar-refractivity contribution < 1.29 is 19.1 Å². The first-order valence-corrected chi connectivity index (χ1v) is 11.8. The number of hydrazine groups is 1. The molecule has 0 saturated heterocycles. The lowest BCUT2D eigenvalue weighted by Gasteiger charge is -2.14. The maximum Gasteiger partial charge on any atom is 0.269 e. The van der Waals surface area contributed by atoms with E-state index < -0.39 is 11.8 Å². The third kappa shape index (κ3) is 7.38. The second kappa shape index (κ2) is 12.5. The van der Waals surface area contributed by atoms with E-state index in [9.17, 15) is 14.4 Å². The molecule has 3 amide bonds. The van der Waals surface area contributed by atoms with Crippen LogP contribution in [-0.4, -0.2) is 29.4 Å². The van der Waals surface area contributed by atoms with E-state index in [1.165, 1.54) is 0 Å². The van der Waals surface area contributed by atoms with Crippen LogP contribution in [0.2, 0.25) is 0 Å². The Morgan fingerprint density at radius 3 is 2.11 bits per heavy atom. The van der Waals surface area contributed by atoms with Crippen molar-refractivity contribution in [1.29, 1.82) is 0 Å². The highest BCUT2D eigenvalue weighted by molar-refractivity contribution is 7.80. The highest BCUT2D eigenvalue weighted by Crippen LogP contribution is 2.18. The third-order valence-electron chi connectivity index (χ3n) is 5.02. The van der Waals surface area contributed by atoms with Crippen LogP contribution in [0.4, 0.5) is 5.69 Å². The van der Waals surface area contributed by atoms with Crippen LogP contribution in [0.3, 0.4) is 0 Å². The van der Waals surface area contributed by atoms with E-state index in [2.05, 4.69) is 21.5 Å². The van der Waals surface area contributed by atoms with Crippen LogP contribution in [0.1, 0.15) is 50.5 Å². The van der Waals surface area contributed by atoms with Crippen LogP contribution in [0.5, 0.6) is 5.75 Å². The summed E-state index contributed by atoms with van der Waals surface area (Å²) in [4.78, 5) is 37.5. The number of hydrogen-bond acceptors (Lipinski definition) is 5. The summed E-state index contributed by atoms with van der Waals surface area (Å²) >= 11 is 5.13. The molecule has 0 saturated carbocycles. The average molecular weight is 505 g/mol. The largest absolute Gasteiger partial charge is 0.492 e. The van der Waals surface area contributed by atoms with Gasteiger partial charge in [0.15, 0.2) is 5.11 Å². The van der Waals surface area contributed by atoms with Crippen molar-refractivity contribution in [3.8, 4) is 5.75 Å². The number of para-hydroxylation sites is 1. The molecule has 0 heterocycles. The fourth-order valence-electron chi connectivity index (χ4n) is 3.15. The van der Waals surface area contributed by atoms with Gasteiger partial charge in [0.1, 0.15) is 5.75 Å². The minimum absolute atomic E-state index is 0.0749. The molecule has 0 aromatic heterocycles. The molecule has 3 aromatic rings. The van der Waals surface area contributed by atoms with Gasteiger partial charge >= 0.3 is 0 Å². The van der Waals surface area contributed by atoms with Crippen molar-refractivity contribution in [1.82, 2.24) is 16.2 Å². The summed E-state index contributed by atoms with van der Waals surface area (Å²) in [7, 11) is 0. The first kappa shape index (κ1) is 26.4. The molecule has 0 aliphatic heterocycles. The summed E-state index contributed by atoms with van der Waals surface area (Å²) in [5, 5.41) is 5.25. The van der Waals surface area contributed by atoms with E-state index in [4.69, 9.17) is 17.0 Å². The number of thiocarbonyl (C=S) groups is 1. The lowest BCUT2D eigenvalue weighted by molar-refractivity contribution is 0.0933. The minimum Gasteiger partial charge on any atom is -0.492 e. The fraction of sp³-hybridized carbons (Fsp3) is 0.185. The second-order valence-electron chi connectivity index (χ2n) is 8.41. The van der Waals surface area contributed by atoms with E-state index in [1.54, 1.807) is 60.7 Å². The van der Waals surface area contributed by atoms with Crippen LogP contribution >= 0.6 is 12.2 Å². The number of carbonyl (C=O) groups excluding carboxylic acids is 3. The summed E-state index contributed by atoms with van der Waals surface area (Å²) < 4.78 is 5.70. The van der Waals surface area contributed by atoms with Gasteiger partial charge in [-0.3, -0.25) is 30.6 Å². The van der Waals surface area contributed by atoms with Crippen molar-refractivity contribution in [3.63, 3.8) is 0 Å². The molecule has 0 aliphatic rings. The first-order valence-electron chi connectivity index (χ1n) is 11.3. The van der Waals surface area contributed by atoms with Gasteiger partial charge in [-0.15, -0.1) is 0 Å². The molecule has 3 aromatic carbocycles. The Hall–Kier alpha value is -4.24. The summed E-state index contributed by atoms with van der Waals surface area (Å²) in [6.45, 7) is 6.36. The normalized spacial score (nSPS) is 10.3. The molecule has 0 spiro atoms. The predicted octanol–water partition coefficient (Wildman–Crippen LogP) is 4.23. The van der Waals surface area contributed by atoms with Gasteiger partial charge in [0.05, 0.1) is 12.2 Å². The minimum atomic E-state index is -0.468. The monoisotopic (exact) mass is 504 g/mol. The molecule has 0 bridgehead atoms. The highest BCUT2D eigenvalue weighted by atomic mass is 32.1. The maximum atomic E-state index is 12.6. The first-order chi connectivity index (χ1) is 17.2. The molecule has 0 unspecified atom stereocenters. The van der Waals surface area contributed by atoms with Crippen LogP contribution in [0, 0.1) is 12.8 Å². The Morgan fingerprint density at radius 1 is 0.806 bits per heavy atom. The molecule has 0 atom stereocenters. The SMILES string of the molecule is Cc1ccccc1C(=O)Nc1ccc(C(=O)NNC(=S)NC(=O)c2ccccc2OCC(C)C)cc1. The molecular weight excluding hydrogens is 476 g/mol. The Bertz CT molecular complexity index is 1260. The van der Waals surface area contributed by atoms with Gasteiger partial charge < -0.3 is 10.1 Å². The number of rotatable bonds is 7. The van der Waals surface area contributed by atoms with Gasteiger partial charge in [0, 0.05) is 16.8 Å². The molecule has 0 aliphatic carbocycles. The summed E-state index contributed by atoms with van der Waals surface area (Å²) in [5.74, 6) is -0.411. The van der Waals surface area contributed by atoms with Gasteiger partial charge in [-0.05, 0) is 73.1 Å². The summed E-state index contributed by atoms with van der Waals surface area (Å²) in [6.07, 6.45) is 0. The topological polar surface area (TPSA) is 109 Å². The molecule has 0 fully saturated rings. The van der Waals surface area contributed by atoms with Gasteiger partial charge in [0.2, 0.25) is 0 Å². The number of hydrogen-bond donors (Lipinski definition) is 4. The zero-order valence-corrected chi connectivity index (χ0v) is 21.1. The molecule has 4 N–H and O–H groups in total. The predicted molar refractivity (Wildman–Crippen MR) is 143 cm³/mol. The van der Waals surface area contributed by atoms with E-state index in [0.717, 1.165) is 5.56 Å². The molecule has 3 rings (SSSR count). The van der Waals surface area contributed by atoms with Crippen LogP contribution < -0.4 is 26.2 Å². The standard InChI is InChI=1S/C27H28N4O4S/c1-17(2)16-35-23-11-7-6-10-22(23)26(34)29-27(36)31-30-24(32)19-12-14-20(15-13-19)28-25(33)21-9-5-4-8-18(21)3/h4-15,17H,16H2,1-3H3,(H,28,33)(H,30,32)(H2,29,31,34,36). The molecule has 0 radical (unpaired) electrons. The van der Waals surface area contributed by atoms with Crippen molar-refractivity contribution in [2.75, 3.05) is 11.9 Å². The average Bonchev–Trinajstić information content (AvgIpc) is 2.86. The van der Waals surface area contributed by atoms with Crippen LogP contribution in [0.25, 0.3) is 0 Å². The number of anilines is 1. The van der Waals surface area contributed by atoms with Crippen molar-refractivity contribution in [2.45, 2.75) is 20.8 Å². The number of amides is 3. The van der Waals surface area contributed by atoms with Crippen LogP contribution in [0.15, 0.2) is 72.8 Å². The lowest BCUT2D eigenvalue weighted by atomic mass is 10.1. The number of benzene rings is 3. The maximum absolute atomic E-state index is 12.6. The zero-order chi connectivity index (χ0) is 26.1. The van der Waals surface area contributed by atoms with Gasteiger partial charge in [-0.2, -0.15) is 0 Å². The van der Waals surface area contributed by atoms with Gasteiger partial charge in [-0.1, -0.05) is 44.2 Å². The third-order valence-corrected chi connectivity index (χ3v) is 5.22. The van der Waals surface area contributed by atoms with E-state index in [0.29, 0.717) is 40.7 Å². The Morgan fingerprint density at radius 2 is 1.44 bits per heavy atom. The fourth-order valence-corrected chi connectivity index (χ4v) is 3.30. The smallest absolute Gasteiger partial charge is 0.269 e. The number of aryl methyl sites for hydroxylation is 1. The molecule has 36 heavy (non-hydrogen) atoms. The number of carbonyl (C=O) groups is 3. The quantitative estimate of drug-likeness (QED) is 0.283. The molecule has 9 heteroatoms. The molecule has 8 nitrogen and oxygen atoms in total. The zero-order valence-electron chi connectivity index (χ0n) is 20.3. The molecular formula is C27H28N4O4S. The number of nitrogens with one attached hydrogen (secondary N) is 4. The van der Waals surface area contributed by atoms with E-state index >= 15 is 0 Å². The lowest BCUT2D eigenvalue weighted by Crippen LogP contribution is -2.48. The summed E-state index contributed by atoms with van der Waals surface area (Å²) in [5.41, 5.74) is 7.61. The second-order valence-corrected chi connectivity index (χ2v) is 8.82. The Labute approximate surface area is 215 Å². The number of ether oxygens (including phenoxy) is 1. The molecule has 186 valence electrons. The highest BCUT2D eigenvalue weighted by Gasteiger charge is 2.15. The van der Waals surface area contributed by atoms with E-state index in [1.807, 2.05) is 32.9 Å². The Balaban J connectivity index is 1.51. The van der Waals surface area contributed by atoms with Gasteiger partial charge in [0.25, 0.3) is 17.7 Å².